The van der Waals surface area contributed by atoms with Crippen molar-refractivity contribution >= 4 is 5.97 Å². The SMILES string of the molecule is CCOc1cc(F)cc(C(O)C(O)CC(=O)OC)c1. The number of aliphatic hydroxyl groups is 2. The minimum Gasteiger partial charge on any atom is -0.494 e. The van der Waals surface area contributed by atoms with Crippen LogP contribution in [0, 0.1) is 5.82 Å². The summed E-state index contributed by atoms with van der Waals surface area (Å²) in [5.41, 5.74) is 0.139. The first kappa shape index (κ1) is 15.4. The molecular formula is C13H17FO5. The highest BCUT2D eigenvalue weighted by Gasteiger charge is 2.23. The number of methoxy groups -OCH3 is 1. The van der Waals surface area contributed by atoms with Crippen molar-refractivity contribution in [3.8, 4) is 5.75 Å². The molecule has 1 rings (SSSR count). The number of rotatable bonds is 6. The summed E-state index contributed by atoms with van der Waals surface area (Å²) in [6.45, 7) is 2.09. The number of esters is 1. The first-order valence-corrected chi connectivity index (χ1v) is 5.84. The summed E-state index contributed by atoms with van der Waals surface area (Å²) in [6.07, 6.45) is -3.14. The van der Waals surface area contributed by atoms with E-state index in [0.717, 1.165) is 6.07 Å². The van der Waals surface area contributed by atoms with Gasteiger partial charge in [0, 0.05) is 6.07 Å². The summed E-state index contributed by atoms with van der Waals surface area (Å²) in [4.78, 5) is 11.0. The quantitative estimate of drug-likeness (QED) is 0.761. The largest absolute Gasteiger partial charge is 0.494 e. The molecule has 6 heteroatoms. The summed E-state index contributed by atoms with van der Waals surface area (Å²) < 4.78 is 22.9. The van der Waals surface area contributed by atoms with Crippen LogP contribution in [0.15, 0.2) is 18.2 Å². The summed E-state index contributed by atoms with van der Waals surface area (Å²) in [6, 6.07) is 3.66. The molecule has 0 aliphatic rings. The van der Waals surface area contributed by atoms with Gasteiger partial charge >= 0.3 is 5.97 Å². The van der Waals surface area contributed by atoms with Crippen LogP contribution in [0.4, 0.5) is 4.39 Å². The molecule has 106 valence electrons. The van der Waals surface area contributed by atoms with E-state index in [-0.39, 0.29) is 17.7 Å². The average molecular weight is 272 g/mol. The van der Waals surface area contributed by atoms with Crippen molar-refractivity contribution in [3.05, 3.63) is 29.6 Å². The first-order valence-electron chi connectivity index (χ1n) is 5.84. The molecule has 0 fully saturated rings. The van der Waals surface area contributed by atoms with E-state index in [1.165, 1.54) is 19.2 Å². The number of hydrogen-bond donors (Lipinski definition) is 2. The summed E-state index contributed by atoms with van der Waals surface area (Å²) in [7, 11) is 1.18. The van der Waals surface area contributed by atoms with E-state index in [2.05, 4.69) is 4.74 Å². The smallest absolute Gasteiger partial charge is 0.308 e. The van der Waals surface area contributed by atoms with Gasteiger partial charge in [-0.05, 0) is 24.6 Å². The minimum absolute atomic E-state index is 0.139. The van der Waals surface area contributed by atoms with Crippen LogP contribution in [0.2, 0.25) is 0 Å². The summed E-state index contributed by atoms with van der Waals surface area (Å²) in [5.74, 6) is -1.000. The lowest BCUT2D eigenvalue weighted by atomic mass is 10.0. The molecule has 0 saturated heterocycles. The van der Waals surface area contributed by atoms with Crippen LogP contribution < -0.4 is 4.74 Å². The zero-order valence-corrected chi connectivity index (χ0v) is 10.8. The molecule has 2 unspecified atom stereocenters. The van der Waals surface area contributed by atoms with Crippen LogP contribution in [0.1, 0.15) is 25.0 Å². The van der Waals surface area contributed by atoms with Gasteiger partial charge in [0.15, 0.2) is 0 Å². The highest BCUT2D eigenvalue weighted by atomic mass is 19.1. The number of benzene rings is 1. The van der Waals surface area contributed by atoms with Crippen molar-refractivity contribution in [2.75, 3.05) is 13.7 Å². The number of hydrogen-bond acceptors (Lipinski definition) is 5. The van der Waals surface area contributed by atoms with Gasteiger partial charge in [-0.3, -0.25) is 4.79 Å². The maximum Gasteiger partial charge on any atom is 0.308 e. The molecule has 0 heterocycles. The van der Waals surface area contributed by atoms with Crippen molar-refractivity contribution < 1.29 is 28.9 Å². The maximum atomic E-state index is 13.3. The highest BCUT2D eigenvalue weighted by molar-refractivity contribution is 5.69. The zero-order chi connectivity index (χ0) is 14.4. The number of carbonyl (C=O) groups is 1. The third kappa shape index (κ3) is 4.50. The van der Waals surface area contributed by atoms with Crippen LogP contribution in [0.5, 0.6) is 5.75 Å². The van der Waals surface area contributed by atoms with Crippen molar-refractivity contribution in [3.63, 3.8) is 0 Å². The molecule has 0 bridgehead atoms. The Balaban J connectivity index is 2.85. The third-order valence-corrected chi connectivity index (χ3v) is 2.51. The second-order valence-electron chi connectivity index (χ2n) is 3.95. The monoisotopic (exact) mass is 272 g/mol. The Morgan fingerprint density at radius 2 is 2.05 bits per heavy atom. The molecule has 0 aromatic heterocycles. The Kier molecular flexibility index (Phi) is 5.72. The van der Waals surface area contributed by atoms with Crippen LogP contribution in [0.3, 0.4) is 0 Å². The molecule has 0 radical (unpaired) electrons. The van der Waals surface area contributed by atoms with Gasteiger partial charge in [0.2, 0.25) is 0 Å². The fourth-order valence-electron chi connectivity index (χ4n) is 1.59. The van der Waals surface area contributed by atoms with Gasteiger partial charge in [-0.2, -0.15) is 0 Å². The van der Waals surface area contributed by atoms with Gasteiger partial charge in [-0.25, -0.2) is 4.39 Å². The van der Waals surface area contributed by atoms with Crippen LogP contribution in [-0.4, -0.2) is 36.0 Å². The van der Waals surface area contributed by atoms with Crippen LogP contribution in [-0.2, 0) is 9.53 Å². The number of aliphatic hydroxyl groups excluding tert-OH is 2. The predicted molar refractivity (Wildman–Crippen MR) is 65.2 cm³/mol. The van der Waals surface area contributed by atoms with Gasteiger partial charge in [0.25, 0.3) is 0 Å². The molecule has 5 nitrogen and oxygen atoms in total. The van der Waals surface area contributed by atoms with E-state index in [0.29, 0.717) is 6.61 Å². The van der Waals surface area contributed by atoms with Crippen LogP contribution >= 0.6 is 0 Å². The number of carbonyl (C=O) groups excluding carboxylic acids is 1. The van der Waals surface area contributed by atoms with E-state index in [1.807, 2.05) is 0 Å². The van der Waals surface area contributed by atoms with Gasteiger partial charge in [-0.1, -0.05) is 0 Å². The van der Waals surface area contributed by atoms with Gasteiger partial charge in [-0.15, -0.1) is 0 Å². The molecule has 0 amide bonds. The molecule has 2 atom stereocenters. The maximum absolute atomic E-state index is 13.3. The zero-order valence-electron chi connectivity index (χ0n) is 10.8. The van der Waals surface area contributed by atoms with Crippen molar-refractivity contribution in [1.82, 2.24) is 0 Å². The Morgan fingerprint density at radius 1 is 1.37 bits per heavy atom. The second-order valence-corrected chi connectivity index (χ2v) is 3.95. The Morgan fingerprint density at radius 3 is 2.63 bits per heavy atom. The molecular weight excluding hydrogens is 255 g/mol. The van der Waals surface area contributed by atoms with Gasteiger partial charge in [0.05, 0.1) is 26.2 Å². The lowest BCUT2D eigenvalue weighted by Crippen LogP contribution is -2.22. The normalized spacial score (nSPS) is 13.7. The summed E-state index contributed by atoms with van der Waals surface area (Å²) >= 11 is 0. The molecule has 2 N–H and O–H groups in total. The molecule has 0 aliphatic carbocycles. The van der Waals surface area contributed by atoms with Crippen molar-refractivity contribution in [2.24, 2.45) is 0 Å². The molecule has 1 aromatic carbocycles. The Hall–Kier alpha value is -1.66. The Bertz CT molecular complexity index is 435. The molecule has 0 aliphatic heterocycles. The Labute approximate surface area is 110 Å². The van der Waals surface area contributed by atoms with E-state index < -0.39 is 24.0 Å². The van der Waals surface area contributed by atoms with E-state index in [9.17, 15) is 19.4 Å². The average Bonchev–Trinajstić information content (AvgIpc) is 2.37. The first-order chi connectivity index (χ1) is 8.97. The second kappa shape index (κ2) is 7.06. The molecule has 0 saturated carbocycles. The van der Waals surface area contributed by atoms with E-state index in [4.69, 9.17) is 4.74 Å². The van der Waals surface area contributed by atoms with Gasteiger partial charge in [0.1, 0.15) is 17.7 Å². The van der Waals surface area contributed by atoms with E-state index in [1.54, 1.807) is 6.92 Å². The molecule has 0 spiro atoms. The topological polar surface area (TPSA) is 76.0 Å². The lowest BCUT2D eigenvalue weighted by molar-refractivity contribution is -0.144. The predicted octanol–water partition coefficient (Wildman–Crippen LogP) is 1.18. The summed E-state index contributed by atoms with van der Waals surface area (Å²) in [5, 5.41) is 19.5. The molecule has 19 heavy (non-hydrogen) atoms. The van der Waals surface area contributed by atoms with Crippen LogP contribution in [0.25, 0.3) is 0 Å². The third-order valence-electron chi connectivity index (χ3n) is 2.51. The molecule has 1 aromatic rings. The van der Waals surface area contributed by atoms with Crippen molar-refractivity contribution in [1.29, 1.82) is 0 Å². The standard InChI is InChI=1S/C13H17FO5/c1-3-19-10-5-8(4-9(14)6-10)13(17)11(15)7-12(16)18-2/h4-6,11,13,15,17H,3,7H2,1-2H3. The van der Waals surface area contributed by atoms with Gasteiger partial charge < -0.3 is 19.7 Å². The number of ether oxygens (including phenoxy) is 2. The van der Waals surface area contributed by atoms with Crippen molar-refractivity contribution in [2.45, 2.75) is 25.6 Å². The highest BCUT2D eigenvalue weighted by Crippen LogP contribution is 2.25. The lowest BCUT2D eigenvalue weighted by Gasteiger charge is -2.18. The minimum atomic E-state index is -1.39. The fourth-order valence-corrected chi connectivity index (χ4v) is 1.59. The fraction of sp³-hybridized carbons (Fsp3) is 0.462. The number of halogens is 1. The van der Waals surface area contributed by atoms with E-state index >= 15 is 0 Å².